The van der Waals surface area contributed by atoms with Crippen LogP contribution in [0.15, 0.2) is 6.33 Å². The molecule has 0 atom stereocenters. The SMILES string of the molecule is CCn1ncnc1CN(C)C(C)(C)CO. The van der Waals surface area contributed by atoms with Crippen molar-refractivity contribution in [1.29, 1.82) is 0 Å². The standard InChI is InChI=1S/C10H20N4O/c1-5-14-9(11-8-12-14)6-13(4)10(2,3)7-15/h8,15H,5-7H2,1-4H3. The van der Waals surface area contributed by atoms with Crippen LogP contribution in [0.2, 0.25) is 0 Å². The van der Waals surface area contributed by atoms with Crippen LogP contribution in [0.4, 0.5) is 0 Å². The van der Waals surface area contributed by atoms with E-state index in [1.54, 1.807) is 6.33 Å². The van der Waals surface area contributed by atoms with Gasteiger partial charge in [-0.1, -0.05) is 0 Å². The van der Waals surface area contributed by atoms with Crippen molar-refractivity contribution in [3.05, 3.63) is 12.2 Å². The minimum atomic E-state index is -0.232. The lowest BCUT2D eigenvalue weighted by molar-refractivity contribution is 0.0703. The first kappa shape index (κ1) is 12.1. The van der Waals surface area contributed by atoms with Gasteiger partial charge in [0, 0.05) is 12.1 Å². The van der Waals surface area contributed by atoms with Crippen molar-refractivity contribution in [1.82, 2.24) is 19.7 Å². The molecule has 0 aliphatic heterocycles. The summed E-state index contributed by atoms with van der Waals surface area (Å²) < 4.78 is 1.87. The zero-order valence-electron chi connectivity index (χ0n) is 9.93. The Balaban J connectivity index is 2.70. The second kappa shape index (κ2) is 4.72. The number of aromatic nitrogens is 3. The van der Waals surface area contributed by atoms with Gasteiger partial charge in [-0.25, -0.2) is 9.67 Å². The Labute approximate surface area is 90.7 Å². The van der Waals surface area contributed by atoms with Crippen molar-refractivity contribution < 1.29 is 5.11 Å². The van der Waals surface area contributed by atoms with Crippen LogP contribution in [-0.2, 0) is 13.1 Å². The molecule has 0 unspecified atom stereocenters. The molecule has 5 heteroatoms. The van der Waals surface area contributed by atoms with Crippen molar-refractivity contribution in [2.75, 3.05) is 13.7 Å². The number of hydrogen-bond donors (Lipinski definition) is 1. The van der Waals surface area contributed by atoms with Crippen LogP contribution in [-0.4, -0.2) is 44.0 Å². The molecule has 0 saturated heterocycles. The molecule has 0 aromatic carbocycles. The van der Waals surface area contributed by atoms with Crippen LogP contribution < -0.4 is 0 Å². The maximum atomic E-state index is 9.24. The zero-order valence-corrected chi connectivity index (χ0v) is 9.93. The maximum absolute atomic E-state index is 9.24. The average molecular weight is 212 g/mol. The van der Waals surface area contributed by atoms with E-state index in [4.69, 9.17) is 0 Å². The van der Waals surface area contributed by atoms with Crippen LogP contribution in [0.5, 0.6) is 0 Å². The third-order valence-electron chi connectivity index (χ3n) is 2.79. The summed E-state index contributed by atoms with van der Waals surface area (Å²) >= 11 is 0. The quantitative estimate of drug-likeness (QED) is 0.772. The van der Waals surface area contributed by atoms with Gasteiger partial charge in [0.25, 0.3) is 0 Å². The molecule has 0 radical (unpaired) electrons. The molecule has 0 spiro atoms. The molecular formula is C10H20N4O. The van der Waals surface area contributed by atoms with Crippen LogP contribution in [0.1, 0.15) is 26.6 Å². The number of aliphatic hydroxyl groups is 1. The van der Waals surface area contributed by atoms with Crippen LogP contribution in [0.25, 0.3) is 0 Å². The van der Waals surface area contributed by atoms with Gasteiger partial charge in [0.1, 0.15) is 12.2 Å². The van der Waals surface area contributed by atoms with Crippen LogP contribution in [0.3, 0.4) is 0 Å². The normalized spacial score (nSPS) is 12.4. The highest BCUT2D eigenvalue weighted by Gasteiger charge is 2.23. The van der Waals surface area contributed by atoms with Gasteiger partial charge in [-0.15, -0.1) is 0 Å². The fraction of sp³-hybridized carbons (Fsp3) is 0.800. The minimum absolute atomic E-state index is 0.129. The number of rotatable bonds is 5. The zero-order chi connectivity index (χ0) is 11.5. The summed E-state index contributed by atoms with van der Waals surface area (Å²) in [6, 6.07) is 0. The Hall–Kier alpha value is -0.940. The Morgan fingerprint density at radius 3 is 2.73 bits per heavy atom. The molecule has 1 N–H and O–H groups in total. The molecule has 0 aliphatic carbocycles. The lowest BCUT2D eigenvalue weighted by Gasteiger charge is -2.33. The fourth-order valence-corrected chi connectivity index (χ4v) is 1.22. The van der Waals surface area contributed by atoms with Crippen LogP contribution >= 0.6 is 0 Å². The summed E-state index contributed by atoms with van der Waals surface area (Å²) in [7, 11) is 1.98. The van der Waals surface area contributed by atoms with Gasteiger partial charge < -0.3 is 5.11 Å². The number of nitrogens with zero attached hydrogens (tertiary/aromatic N) is 4. The molecule has 1 aromatic rings. The number of aliphatic hydroxyl groups excluding tert-OH is 1. The molecule has 0 aliphatic rings. The van der Waals surface area contributed by atoms with E-state index in [1.807, 2.05) is 32.5 Å². The molecule has 1 rings (SSSR count). The largest absolute Gasteiger partial charge is 0.394 e. The lowest BCUT2D eigenvalue weighted by Crippen LogP contribution is -2.44. The Kier molecular flexibility index (Phi) is 3.82. The monoisotopic (exact) mass is 212 g/mol. The molecule has 0 bridgehead atoms. The van der Waals surface area contributed by atoms with Gasteiger partial charge in [0.15, 0.2) is 0 Å². The minimum Gasteiger partial charge on any atom is -0.394 e. The highest BCUT2D eigenvalue weighted by molar-refractivity contribution is 4.88. The van der Waals surface area contributed by atoms with E-state index in [1.165, 1.54) is 0 Å². The Morgan fingerprint density at radius 2 is 2.20 bits per heavy atom. The third-order valence-corrected chi connectivity index (χ3v) is 2.79. The number of aryl methyl sites for hydroxylation is 1. The van der Waals surface area contributed by atoms with Crippen molar-refractivity contribution in [3.8, 4) is 0 Å². The molecule has 0 fully saturated rings. The summed E-state index contributed by atoms with van der Waals surface area (Å²) in [5, 5.41) is 13.3. The van der Waals surface area contributed by atoms with Gasteiger partial charge in [-0.3, -0.25) is 4.90 Å². The number of likely N-dealkylation sites (N-methyl/N-ethyl adjacent to an activating group) is 1. The Morgan fingerprint density at radius 1 is 1.53 bits per heavy atom. The highest BCUT2D eigenvalue weighted by atomic mass is 16.3. The molecule has 1 aromatic heterocycles. The first-order valence-electron chi connectivity index (χ1n) is 5.20. The Bertz CT molecular complexity index is 308. The summed E-state index contributed by atoms with van der Waals surface area (Å²) in [6.45, 7) is 7.68. The van der Waals surface area contributed by atoms with E-state index in [0.29, 0.717) is 6.54 Å². The number of hydrogen-bond acceptors (Lipinski definition) is 4. The lowest BCUT2D eigenvalue weighted by atomic mass is 10.1. The van der Waals surface area contributed by atoms with Gasteiger partial charge in [0.05, 0.1) is 13.2 Å². The highest BCUT2D eigenvalue weighted by Crippen LogP contribution is 2.13. The summed E-state index contributed by atoms with van der Waals surface area (Å²) in [4.78, 5) is 6.28. The second-order valence-electron chi connectivity index (χ2n) is 4.32. The first-order chi connectivity index (χ1) is 7.01. The van der Waals surface area contributed by atoms with Crippen LogP contribution in [0, 0.1) is 0 Å². The van der Waals surface area contributed by atoms with Crippen molar-refractivity contribution in [2.45, 2.75) is 39.4 Å². The summed E-state index contributed by atoms with van der Waals surface area (Å²) in [5.41, 5.74) is -0.232. The molecule has 86 valence electrons. The van der Waals surface area contributed by atoms with E-state index in [0.717, 1.165) is 12.4 Å². The van der Waals surface area contributed by atoms with Crippen molar-refractivity contribution in [3.63, 3.8) is 0 Å². The molecule has 5 nitrogen and oxygen atoms in total. The summed E-state index contributed by atoms with van der Waals surface area (Å²) in [6.07, 6.45) is 1.57. The van der Waals surface area contributed by atoms with Crippen molar-refractivity contribution in [2.24, 2.45) is 0 Å². The topological polar surface area (TPSA) is 54.2 Å². The predicted molar refractivity (Wildman–Crippen MR) is 58.3 cm³/mol. The van der Waals surface area contributed by atoms with E-state index in [9.17, 15) is 5.11 Å². The predicted octanol–water partition coefficient (Wildman–Crippen LogP) is 0.501. The van der Waals surface area contributed by atoms with Gasteiger partial charge in [0.2, 0.25) is 0 Å². The molecular weight excluding hydrogens is 192 g/mol. The molecule has 0 saturated carbocycles. The summed E-state index contributed by atoms with van der Waals surface area (Å²) in [5.74, 6) is 0.932. The molecule has 0 amide bonds. The third kappa shape index (κ3) is 2.76. The molecule has 15 heavy (non-hydrogen) atoms. The molecule has 1 heterocycles. The second-order valence-corrected chi connectivity index (χ2v) is 4.32. The maximum Gasteiger partial charge on any atom is 0.141 e. The fourth-order valence-electron chi connectivity index (χ4n) is 1.22. The van der Waals surface area contributed by atoms with E-state index in [-0.39, 0.29) is 12.1 Å². The smallest absolute Gasteiger partial charge is 0.141 e. The van der Waals surface area contributed by atoms with Gasteiger partial charge in [-0.05, 0) is 27.8 Å². The van der Waals surface area contributed by atoms with Crippen molar-refractivity contribution >= 4 is 0 Å². The first-order valence-corrected chi connectivity index (χ1v) is 5.20. The average Bonchev–Trinajstić information content (AvgIpc) is 2.65. The van der Waals surface area contributed by atoms with Gasteiger partial charge >= 0.3 is 0 Å². The van der Waals surface area contributed by atoms with Gasteiger partial charge in [-0.2, -0.15) is 5.10 Å². The van der Waals surface area contributed by atoms with E-state index < -0.39 is 0 Å². The van der Waals surface area contributed by atoms with E-state index in [2.05, 4.69) is 15.0 Å². The van der Waals surface area contributed by atoms with E-state index >= 15 is 0 Å².